The molecular weight excluding hydrogens is 214 g/mol. The maximum Gasteiger partial charge on any atom is 0.204 e. The molecule has 5 heteroatoms. The van der Waals surface area contributed by atoms with E-state index in [2.05, 4.69) is 41.4 Å². The Morgan fingerprint density at radius 1 is 1.29 bits per heavy atom. The summed E-state index contributed by atoms with van der Waals surface area (Å²) in [5.74, 6) is 1.06. The van der Waals surface area contributed by atoms with Gasteiger partial charge in [0, 0.05) is 5.56 Å². The van der Waals surface area contributed by atoms with Gasteiger partial charge in [-0.2, -0.15) is 5.26 Å². The molecule has 17 heavy (non-hydrogen) atoms. The summed E-state index contributed by atoms with van der Waals surface area (Å²) in [4.78, 5) is 1.28. The van der Waals surface area contributed by atoms with Crippen LogP contribution in [0.2, 0.25) is 0 Å². The molecule has 0 aliphatic heterocycles. The van der Waals surface area contributed by atoms with Crippen LogP contribution in [-0.2, 0) is 6.54 Å². The lowest BCUT2D eigenvalue weighted by Crippen LogP contribution is -1.99. The van der Waals surface area contributed by atoms with Crippen LogP contribution in [0.1, 0.15) is 25.3 Å². The summed E-state index contributed by atoms with van der Waals surface area (Å²) >= 11 is 0. The van der Waals surface area contributed by atoms with Gasteiger partial charge in [-0.1, -0.05) is 38.1 Å². The Balaban J connectivity index is 2.24. The summed E-state index contributed by atoms with van der Waals surface area (Å²) in [5, 5.41) is 20.3. The molecule has 5 nitrogen and oxygen atoms in total. The molecule has 0 saturated carbocycles. The predicted molar refractivity (Wildman–Crippen MR) is 63.0 cm³/mol. The summed E-state index contributed by atoms with van der Waals surface area (Å²) in [6.07, 6.45) is 0. The lowest BCUT2D eigenvalue weighted by molar-refractivity contribution is 0.589. The average Bonchev–Trinajstić information content (AvgIpc) is 2.78. The average molecular weight is 227 g/mol. The normalized spacial score (nSPS) is 10.5. The van der Waals surface area contributed by atoms with Crippen molar-refractivity contribution in [3.05, 3.63) is 29.8 Å². The third kappa shape index (κ3) is 2.48. The first-order chi connectivity index (χ1) is 8.20. The highest BCUT2D eigenvalue weighted by Gasteiger charge is 2.06. The Bertz CT molecular complexity index is 533. The van der Waals surface area contributed by atoms with E-state index < -0.39 is 0 Å². The quantitative estimate of drug-likeness (QED) is 0.804. The molecule has 0 saturated heterocycles. The van der Waals surface area contributed by atoms with Crippen LogP contribution in [-0.4, -0.2) is 20.2 Å². The lowest BCUT2D eigenvalue weighted by Gasteiger charge is -2.04. The topological polar surface area (TPSA) is 67.4 Å². The number of aromatic nitrogens is 4. The van der Waals surface area contributed by atoms with Crippen LogP contribution in [0, 0.1) is 11.3 Å². The molecule has 1 heterocycles. The molecule has 0 bridgehead atoms. The first kappa shape index (κ1) is 11.3. The van der Waals surface area contributed by atoms with E-state index in [-0.39, 0.29) is 6.54 Å². The van der Waals surface area contributed by atoms with E-state index >= 15 is 0 Å². The second-order valence-electron chi connectivity index (χ2n) is 4.08. The van der Waals surface area contributed by atoms with Crippen LogP contribution < -0.4 is 0 Å². The van der Waals surface area contributed by atoms with Crippen LogP contribution >= 0.6 is 0 Å². The molecule has 2 rings (SSSR count). The van der Waals surface area contributed by atoms with Crippen molar-refractivity contribution in [3.8, 4) is 17.5 Å². The minimum Gasteiger partial charge on any atom is -0.196 e. The predicted octanol–water partition coefficient (Wildman–Crippen LogP) is 1.99. The molecule has 0 fully saturated rings. The molecule has 0 aliphatic rings. The van der Waals surface area contributed by atoms with E-state index in [1.807, 2.05) is 18.2 Å². The zero-order valence-electron chi connectivity index (χ0n) is 9.83. The van der Waals surface area contributed by atoms with E-state index in [9.17, 15) is 0 Å². The molecule has 1 aromatic carbocycles. The summed E-state index contributed by atoms with van der Waals surface area (Å²) in [5.41, 5.74) is 2.19. The molecule has 0 unspecified atom stereocenters. The summed E-state index contributed by atoms with van der Waals surface area (Å²) in [7, 11) is 0. The van der Waals surface area contributed by atoms with Crippen molar-refractivity contribution in [1.82, 2.24) is 20.2 Å². The van der Waals surface area contributed by atoms with Gasteiger partial charge in [0.2, 0.25) is 5.82 Å². The molecule has 1 aromatic heterocycles. The van der Waals surface area contributed by atoms with Gasteiger partial charge in [0.05, 0.1) is 6.07 Å². The molecule has 0 amide bonds. The highest BCUT2D eigenvalue weighted by Crippen LogP contribution is 2.19. The van der Waals surface area contributed by atoms with E-state index in [1.165, 1.54) is 10.4 Å². The van der Waals surface area contributed by atoms with Gasteiger partial charge in [0.15, 0.2) is 0 Å². The van der Waals surface area contributed by atoms with Gasteiger partial charge in [-0.15, -0.1) is 15.0 Å². The van der Waals surface area contributed by atoms with Crippen LogP contribution in [0.25, 0.3) is 11.4 Å². The molecule has 0 N–H and O–H groups in total. The number of tetrazole rings is 1. The van der Waals surface area contributed by atoms with Crippen LogP contribution in [0.4, 0.5) is 0 Å². The molecule has 0 spiro atoms. The first-order valence-electron chi connectivity index (χ1n) is 5.46. The van der Waals surface area contributed by atoms with Gasteiger partial charge in [-0.05, 0) is 16.7 Å². The molecule has 0 atom stereocenters. The smallest absolute Gasteiger partial charge is 0.196 e. The maximum atomic E-state index is 8.52. The van der Waals surface area contributed by atoms with Gasteiger partial charge in [0.25, 0.3) is 0 Å². The van der Waals surface area contributed by atoms with Crippen molar-refractivity contribution in [2.75, 3.05) is 0 Å². The van der Waals surface area contributed by atoms with Crippen LogP contribution in [0.15, 0.2) is 24.3 Å². The number of hydrogen-bond donors (Lipinski definition) is 0. The second-order valence-corrected chi connectivity index (χ2v) is 4.08. The zero-order chi connectivity index (χ0) is 12.3. The minimum atomic E-state index is 0.122. The summed E-state index contributed by atoms with van der Waals surface area (Å²) in [6.45, 7) is 4.42. The molecule has 86 valence electrons. The van der Waals surface area contributed by atoms with E-state index in [0.29, 0.717) is 11.7 Å². The fourth-order valence-corrected chi connectivity index (χ4v) is 1.51. The van der Waals surface area contributed by atoms with Crippen molar-refractivity contribution in [2.45, 2.75) is 26.3 Å². The number of rotatable bonds is 3. The Kier molecular flexibility index (Phi) is 3.15. The fourth-order valence-electron chi connectivity index (χ4n) is 1.51. The van der Waals surface area contributed by atoms with Crippen molar-refractivity contribution < 1.29 is 0 Å². The Morgan fingerprint density at radius 3 is 2.59 bits per heavy atom. The second kappa shape index (κ2) is 4.74. The van der Waals surface area contributed by atoms with Crippen molar-refractivity contribution in [2.24, 2.45) is 0 Å². The van der Waals surface area contributed by atoms with Crippen LogP contribution in [0.3, 0.4) is 0 Å². The lowest BCUT2D eigenvalue weighted by atomic mass is 10.0. The number of nitriles is 1. The summed E-state index contributed by atoms with van der Waals surface area (Å²) in [6, 6.07) is 10.0. The maximum absolute atomic E-state index is 8.52. The molecule has 0 radical (unpaired) electrons. The van der Waals surface area contributed by atoms with E-state index in [1.54, 1.807) is 0 Å². The highest BCUT2D eigenvalue weighted by atomic mass is 15.6. The third-order valence-corrected chi connectivity index (χ3v) is 2.50. The zero-order valence-corrected chi connectivity index (χ0v) is 9.83. The third-order valence-electron chi connectivity index (χ3n) is 2.50. The van der Waals surface area contributed by atoms with Gasteiger partial charge in [0.1, 0.15) is 6.54 Å². The first-order valence-corrected chi connectivity index (χ1v) is 5.46. The Hall–Kier alpha value is -2.22. The highest BCUT2D eigenvalue weighted by molar-refractivity contribution is 5.54. The Labute approximate surface area is 99.7 Å². The fraction of sp³-hybridized carbons (Fsp3) is 0.333. The van der Waals surface area contributed by atoms with E-state index in [4.69, 9.17) is 5.26 Å². The molecular formula is C12H13N5. The summed E-state index contributed by atoms with van der Waals surface area (Å²) < 4.78 is 0. The van der Waals surface area contributed by atoms with E-state index in [0.717, 1.165) is 5.56 Å². The Morgan fingerprint density at radius 2 is 2.00 bits per heavy atom. The number of hydrogen-bond acceptors (Lipinski definition) is 4. The number of nitrogens with zero attached hydrogens (tertiary/aromatic N) is 5. The largest absolute Gasteiger partial charge is 0.204 e. The van der Waals surface area contributed by atoms with Crippen LogP contribution in [0.5, 0.6) is 0 Å². The van der Waals surface area contributed by atoms with Crippen molar-refractivity contribution in [1.29, 1.82) is 5.26 Å². The standard InChI is InChI=1S/C12H13N5/c1-9(2)10-3-5-11(6-4-10)12-14-16-17(15-12)8-7-13/h3-6,9H,8H2,1-2H3. The minimum absolute atomic E-state index is 0.122. The molecule has 2 aromatic rings. The monoisotopic (exact) mass is 227 g/mol. The SMILES string of the molecule is CC(C)c1ccc(-c2nnn(CC#N)n2)cc1. The number of benzene rings is 1. The van der Waals surface area contributed by atoms with Crippen molar-refractivity contribution >= 4 is 0 Å². The van der Waals surface area contributed by atoms with Crippen molar-refractivity contribution in [3.63, 3.8) is 0 Å². The van der Waals surface area contributed by atoms with Gasteiger partial charge in [-0.25, -0.2) is 0 Å². The van der Waals surface area contributed by atoms with Gasteiger partial charge in [-0.3, -0.25) is 0 Å². The van der Waals surface area contributed by atoms with Gasteiger partial charge >= 0.3 is 0 Å². The van der Waals surface area contributed by atoms with Gasteiger partial charge < -0.3 is 0 Å². The molecule has 0 aliphatic carbocycles.